The first-order valence-electron chi connectivity index (χ1n) is 8.70. The van der Waals surface area contributed by atoms with Crippen LogP contribution in [-0.2, 0) is 14.3 Å². The summed E-state index contributed by atoms with van der Waals surface area (Å²) < 4.78 is 5.43. The number of nitrogens with zero attached hydrogens (tertiary/aromatic N) is 2. The van der Waals surface area contributed by atoms with Gasteiger partial charge in [-0.3, -0.25) is 9.59 Å². The van der Waals surface area contributed by atoms with Crippen molar-refractivity contribution in [2.75, 3.05) is 13.1 Å². The lowest BCUT2D eigenvalue weighted by Gasteiger charge is -2.40. The Morgan fingerprint density at radius 1 is 0.958 bits per heavy atom. The lowest BCUT2D eigenvalue weighted by molar-refractivity contribution is -0.149. The summed E-state index contributed by atoms with van der Waals surface area (Å²) in [5.41, 5.74) is -0.547. The highest BCUT2D eigenvalue weighted by molar-refractivity contribution is 5.86. The third-order valence-corrected chi connectivity index (χ3v) is 6.08. The SMILES string of the molecule is CC(C)(C)OC(=O)N1C[C@@H]2C[C@H]1[C@@H]2C(=O)N1C[C@@H]2C[C@H]1[C@@H]2C(=O)O. The van der Waals surface area contributed by atoms with E-state index in [2.05, 4.69) is 0 Å². The summed E-state index contributed by atoms with van der Waals surface area (Å²) in [6.45, 7) is 6.62. The number of hydrogen-bond acceptors (Lipinski definition) is 4. The van der Waals surface area contributed by atoms with Crippen LogP contribution in [-0.4, -0.2) is 63.7 Å². The van der Waals surface area contributed by atoms with E-state index in [1.165, 1.54) is 0 Å². The molecule has 4 saturated heterocycles. The maximum absolute atomic E-state index is 12.9. The zero-order valence-electron chi connectivity index (χ0n) is 14.3. The van der Waals surface area contributed by atoms with E-state index in [1.807, 2.05) is 20.8 Å². The van der Waals surface area contributed by atoms with Gasteiger partial charge in [-0.05, 0) is 45.4 Å². The fourth-order valence-electron chi connectivity index (χ4n) is 4.95. The molecule has 4 heterocycles. The summed E-state index contributed by atoms with van der Waals surface area (Å²) >= 11 is 0. The number of carbonyl (C=O) groups is 3. The zero-order chi connectivity index (χ0) is 17.4. The maximum Gasteiger partial charge on any atom is 0.410 e. The number of carboxylic acids is 1. The van der Waals surface area contributed by atoms with Gasteiger partial charge in [-0.15, -0.1) is 0 Å². The molecule has 0 aromatic rings. The molecule has 0 aromatic heterocycles. The Labute approximate surface area is 140 Å². The molecule has 0 unspecified atom stereocenters. The van der Waals surface area contributed by atoms with Gasteiger partial charge >= 0.3 is 12.1 Å². The molecule has 0 spiro atoms. The fraction of sp³-hybridized carbons (Fsp3) is 0.824. The van der Waals surface area contributed by atoms with Crippen molar-refractivity contribution < 1.29 is 24.2 Å². The van der Waals surface area contributed by atoms with E-state index in [-0.39, 0.29) is 41.8 Å². The number of amides is 2. The van der Waals surface area contributed by atoms with Gasteiger partial charge in [0.1, 0.15) is 5.60 Å². The molecule has 132 valence electrons. The Morgan fingerprint density at radius 2 is 1.50 bits per heavy atom. The van der Waals surface area contributed by atoms with Crippen LogP contribution in [0.1, 0.15) is 33.6 Å². The number of aliphatic carboxylic acids is 1. The number of carbonyl (C=O) groups excluding carboxylic acids is 2. The van der Waals surface area contributed by atoms with Crippen molar-refractivity contribution in [1.82, 2.24) is 9.80 Å². The average Bonchev–Trinajstić information content (AvgIpc) is 3.13. The second-order valence-corrected chi connectivity index (χ2v) is 8.64. The molecule has 7 nitrogen and oxygen atoms in total. The van der Waals surface area contributed by atoms with Gasteiger partial charge in [0, 0.05) is 25.2 Å². The number of rotatable bonds is 2. The number of fused-ring (bicyclic) bond motifs is 2. The minimum atomic E-state index is -0.793. The Kier molecular flexibility index (Phi) is 3.19. The van der Waals surface area contributed by atoms with Gasteiger partial charge < -0.3 is 19.6 Å². The van der Waals surface area contributed by atoms with Crippen LogP contribution in [0.3, 0.4) is 0 Å². The first-order valence-corrected chi connectivity index (χ1v) is 8.70. The predicted octanol–water partition coefficient (Wildman–Crippen LogP) is 1.17. The molecule has 0 radical (unpaired) electrons. The minimum absolute atomic E-state index is 0.0403. The van der Waals surface area contributed by atoms with Crippen molar-refractivity contribution >= 4 is 18.0 Å². The lowest BCUT2D eigenvalue weighted by atomic mass is 9.72. The van der Waals surface area contributed by atoms with Crippen LogP contribution in [0.25, 0.3) is 0 Å². The predicted molar refractivity (Wildman–Crippen MR) is 83.1 cm³/mol. The molecule has 1 N–H and O–H groups in total. The fourth-order valence-corrected chi connectivity index (χ4v) is 4.95. The Morgan fingerprint density at radius 3 is 2.04 bits per heavy atom. The summed E-state index contributed by atoms with van der Waals surface area (Å²) in [6.07, 6.45) is 1.31. The van der Waals surface area contributed by atoms with Crippen LogP contribution < -0.4 is 0 Å². The molecule has 2 saturated carbocycles. The van der Waals surface area contributed by atoms with Crippen LogP contribution in [0.5, 0.6) is 0 Å². The average molecular weight is 336 g/mol. The Bertz CT molecular complexity index is 613. The molecule has 24 heavy (non-hydrogen) atoms. The van der Waals surface area contributed by atoms with Crippen LogP contribution in [0, 0.1) is 23.7 Å². The second-order valence-electron chi connectivity index (χ2n) is 8.64. The van der Waals surface area contributed by atoms with Gasteiger partial charge in [0.25, 0.3) is 0 Å². The van der Waals surface area contributed by atoms with Gasteiger partial charge in [-0.25, -0.2) is 4.79 Å². The van der Waals surface area contributed by atoms with Crippen molar-refractivity contribution in [2.24, 2.45) is 23.7 Å². The zero-order valence-corrected chi connectivity index (χ0v) is 14.3. The first-order chi connectivity index (χ1) is 11.2. The highest BCUT2D eigenvalue weighted by Gasteiger charge is 2.63. The molecule has 6 atom stereocenters. The van der Waals surface area contributed by atoms with E-state index in [0.29, 0.717) is 13.1 Å². The molecule has 2 aliphatic carbocycles. The monoisotopic (exact) mass is 336 g/mol. The molecule has 6 rings (SSSR count). The van der Waals surface area contributed by atoms with Gasteiger partial charge in [-0.2, -0.15) is 0 Å². The van der Waals surface area contributed by atoms with Crippen LogP contribution in [0.2, 0.25) is 0 Å². The molecule has 4 aliphatic heterocycles. The van der Waals surface area contributed by atoms with Gasteiger partial charge in [-0.1, -0.05) is 0 Å². The summed E-state index contributed by atoms with van der Waals surface area (Å²) in [4.78, 5) is 39.9. The molecule has 6 fully saturated rings. The molecule has 6 aliphatic rings. The Hall–Kier alpha value is -1.79. The standard InChI is InChI=1S/C17H24N2O5/c1-17(2,3)24-16(23)19-7-8-4-10(19)12(8)14(20)18-6-9-5-11(18)13(9)15(21)22/h8-13H,4-7H2,1-3H3,(H,21,22)/t8-,9-,10-,11-,12+,13+/m0/s1. The molecular formula is C17H24N2O5. The molecule has 4 bridgehead atoms. The smallest absolute Gasteiger partial charge is 0.410 e. The molecule has 0 aromatic carbocycles. The second kappa shape index (κ2) is 4.86. The van der Waals surface area contributed by atoms with Gasteiger partial charge in [0.2, 0.25) is 5.91 Å². The maximum atomic E-state index is 12.9. The summed E-state index contributed by atoms with van der Waals surface area (Å²) in [5, 5.41) is 9.26. The summed E-state index contributed by atoms with van der Waals surface area (Å²) in [5.74, 6) is -1.02. The topological polar surface area (TPSA) is 87.2 Å². The van der Waals surface area contributed by atoms with Gasteiger partial charge in [0.15, 0.2) is 0 Å². The molecular weight excluding hydrogens is 312 g/mol. The number of hydrogen-bond donors (Lipinski definition) is 1. The normalized spacial score (nSPS) is 39.3. The van der Waals surface area contributed by atoms with Crippen LogP contribution >= 0.6 is 0 Å². The minimum Gasteiger partial charge on any atom is -0.481 e. The quantitative estimate of drug-likeness (QED) is 0.818. The van der Waals surface area contributed by atoms with Crippen LogP contribution in [0.15, 0.2) is 0 Å². The number of ether oxygens (including phenoxy) is 1. The van der Waals surface area contributed by atoms with E-state index in [4.69, 9.17) is 4.74 Å². The van der Waals surface area contributed by atoms with Crippen molar-refractivity contribution in [3.63, 3.8) is 0 Å². The van der Waals surface area contributed by atoms with Gasteiger partial charge in [0.05, 0.1) is 11.8 Å². The van der Waals surface area contributed by atoms with E-state index >= 15 is 0 Å². The number of carboxylic acid groups (broad SMARTS) is 1. The molecule has 2 amide bonds. The van der Waals surface area contributed by atoms with Crippen molar-refractivity contribution in [1.29, 1.82) is 0 Å². The first kappa shape index (κ1) is 15.7. The largest absolute Gasteiger partial charge is 0.481 e. The highest BCUT2D eigenvalue weighted by atomic mass is 16.6. The lowest BCUT2D eigenvalue weighted by Crippen LogP contribution is -2.53. The van der Waals surface area contributed by atoms with Crippen LogP contribution in [0.4, 0.5) is 4.79 Å². The summed E-state index contributed by atoms with van der Waals surface area (Å²) in [7, 11) is 0. The summed E-state index contributed by atoms with van der Waals surface area (Å²) in [6, 6.07) is -0.228. The third-order valence-electron chi connectivity index (χ3n) is 6.08. The molecule has 7 heteroatoms. The highest BCUT2D eigenvalue weighted by Crippen LogP contribution is 2.52. The van der Waals surface area contributed by atoms with E-state index in [9.17, 15) is 19.5 Å². The van der Waals surface area contributed by atoms with Crippen molar-refractivity contribution in [3.8, 4) is 0 Å². The third kappa shape index (κ3) is 2.13. The van der Waals surface area contributed by atoms with E-state index in [0.717, 1.165) is 12.8 Å². The Balaban J connectivity index is 1.42. The van der Waals surface area contributed by atoms with E-state index < -0.39 is 17.5 Å². The van der Waals surface area contributed by atoms with Crippen molar-refractivity contribution in [2.45, 2.75) is 51.3 Å². The van der Waals surface area contributed by atoms with E-state index in [1.54, 1.807) is 9.80 Å². The van der Waals surface area contributed by atoms with Crippen molar-refractivity contribution in [3.05, 3.63) is 0 Å².